The van der Waals surface area contributed by atoms with Crippen LogP contribution in [0.3, 0.4) is 0 Å². The molecule has 1 rings (SSSR count). The van der Waals surface area contributed by atoms with Gasteiger partial charge < -0.3 is 10.7 Å². The first-order valence-electron chi connectivity index (χ1n) is 4.38. The zero-order valence-electron chi connectivity index (χ0n) is 7.95. The van der Waals surface area contributed by atoms with Gasteiger partial charge in [-0.1, -0.05) is 28.7 Å². The standard InChI is InChI=1S/C9H15N3O.2CH4/c1-6(2)9(13)8(10)3-7-4-11-5-12-7;;/h4-6,8H,3,10H2,1-2H3,(H,11,12);2*1H4/t8-;;/m0../s1. The van der Waals surface area contributed by atoms with Gasteiger partial charge in [0.2, 0.25) is 0 Å². The van der Waals surface area contributed by atoms with Crippen LogP contribution in [-0.4, -0.2) is 21.8 Å². The van der Waals surface area contributed by atoms with Crippen LogP contribution in [0.15, 0.2) is 12.5 Å². The smallest absolute Gasteiger partial charge is 0.152 e. The summed E-state index contributed by atoms with van der Waals surface area (Å²) in [6.07, 6.45) is 3.81. The third kappa shape index (κ3) is 4.74. The zero-order valence-corrected chi connectivity index (χ0v) is 7.95. The summed E-state index contributed by atoms with van der Waals surface area (Å²) in [5.41, 5.74) is 6.62. The number of carbonyl (C=O) groups excluding carboxylic acids is 1. The molecule has 0 fully saturated rings. The van der Waals surface area contributed by atoms with E-state index in [0.29, 0.717) is 6.42 Å². The maximum Gasteiger partial charge on any atom is 0.152 e. The van der Waals surface area contributed by atoms with Crippen molar-refractivity contribution in [1.82, 2.24) is 9.97 Å². The number of imidazole rings is 1. The van der Waals surface area contributed by atoms with Crippen molar-refractivity contribution in [2.24, 2.45) is 11.7 Å². The van der Waals surface area contributed by atoms with Gasteiger partial charge in [0, 0.05) is 24.2 Å². The van der Waals surface area contributed by atoms with E-state index < -0.39 is 6.04 Å². The number of rotatable bonds is 4. The van der Waals surface area contributed by atoms with Crippen molar-refractivity contribution in [3.05, 3.63) is 18.2 Å². The van der Waals surface area contributed by atoms with E-state index in [1.807, 2.05) is 13.8 Å². The first-order chi connectivity index (χ1) is 6.11. The number of ketones is 1. The van der Waals surface area contributed by atoms with Crippen LogP contribution in [0.5, 0.6) is 0 Å². The average Bonchev–Trinajstić information content (AvgIpc) is 2.55. The van der Waals surface area contributed by atoms with E-state index >= 15 is 0 Å². The Balaban J connectivity index is 0. The van der Waals surface area contributed by atoms with Gasteiger partial charge in [0.05, 0.1) is 12.4 Å². The van der Waals surface area contributed by atoms with Gasteiger partial charge in [-0.3, -0.25) is 4.79 Å². The van der Waals surface area contributed by atoms with Gasteiger partial charge in [-0.05, 0) is 0 Å². The van der Waals surface area contributed by atoms with Crippen molar-refractivity contribution in [2.75, 3.05) is 0 Å². The summed E-state index contributed by atoms with van der Waals surface area (Å²) in [6, 6.07) is -0.416. The van der Waals surface area contributed by atoms with Gasteiger partial charge in [0.25, 0.3) is 0 Å². The van der Waals surface area contributed by atoms with Crippen LogP contribution in [0.1, 0.15) is 34.4 Å². The number of nitrogens with zero attached hydrogens (tertiary/aromatic N) is 1. The number of nitrogens with one attached hydrogen (secondary N) is 1. The summed E-state index contributed by atoms with van der Waals surface area (Å²) in [7, 11) is 0. The molecule has 0 spiro atoms. The van der Waals surface area contributed by atoms with Crippen molar-refractivity contribution < 1.29 is 4.79 Å². The van der Waals surface area contributed by atoms with Crippen molar-refractivity contribution >= 4 is 5.78 Å². The molecule has 0 bridgehead atoms. The van der Waals surface area contributed by atoms with E-state index in [-0.39, 0.29) is 26.6 Å². The van der Waals surface area contributed by atoms with Gasteiger partial charge in [-0.15, -0.1) is 0 Å². The molecule has 0 aliphatic heterocycles. The lowest BCUT2D eigenvalue weighted by Crippen LogP contribution is -2.35. The van der Waals surface area contributed by atoms with Crippen LogP contribution < -0.4 is 5.73 Å². The van der Waals surface area contributed by atoms with E-state index in [2.05, 4.69) is 9.97 Å². The third-order valence-electron chi connectivity index (χ3n) is 1.93. The normalized spacial score (nSPS) is 11.5. The predicted octanol–water partition coefficient (Wildman–Crippen LogP) is 1.78. The number of H-pyrrole nitrogens is 1. The van der Waals surface area contributed by atoms with Crippen LogP contribution in [-0.2, 0) is 11.2 Å². The molecule has 0 amide bonds. The highest BCUT2D eigenvalue weighted by molar-refractivity contribution is 5.85. The van der Waals surface area contributed by atoms with Crippen molar-refractivity contribution in [2.45, 2.75) is 41.2 Å². The zero-order chi connectivity index (χ0) is 9.84. The van der Waals surface area contributed by atoms with Crippen LogP contribution in [0.2, 0.25) is 0 Å². The molecule has 0 aliphatic rings. The molecule has 3 N–H and O–H groups in total. The summed E-state index contributed by atoms with van der Waals surface area (Å²) in [5, 5.41) is 0. The first kappa shape index (κ1) is 16.3. The van der Waals surface area contributed by atoms with E-state index in [1.165, 1.54) is 0 Å². The predicted molar refractivity (Wildman–Crippen MR) is 63.6 cm³/mol. The number of nitrogens with two attached hydrogens (primary N) is 1. The number of Topliss-reactive ketones (excluding diaryl/α,β-unsaturated/α-hetero) is 1. The summed E-state index contributed by atoms with van der Waals surface area (Å²) in [6.45, 7) is 3.71. The molecule has 0 unspecified atom stereocenters. The fraction of sp³-hybridized carbons (Fsp3) is 0.636. The number of aromatic nitrogens is 2. The van der Waals surface area contributed by atoms with Crippen molar-refractivity contribution in [1.29, 1.82) is 0 Å². The molecular formula is C11H23N3O. The molecule has 15 heavy (non-hydrogen) atoms. The Labute approximate surface area is 92.3 Å². The molecule has 1 aromatic heterocycles. The van der Waals surface area contributed by atoms with Gasteiger partial charge in [-0.25, -0.2) is 4.98 Å². The lowest BCUT2D eigenvalue weighted by atomic mass is 9.99. The Morgan fingerprint density at radius 1 is 1.53 bits per heavy atom. The fourth-order valence-electron chi connectivity index (χ4n) is 1.16. The van der Waals surface area contributed by atoms with Crippen LogP contribution in [0.25, 0.3) is 0 Å². The molecule has 1 aromatic rings. The van der Waals surface area contributed by atoms with Crippen LogP contribution in [0, 0.1) is 5.92 Å². The Morgan fingerprint density at radius 3 is 2.53 bits per heavy atom. The second kappa shape index (κ2) is 7.17. The first-order valence-corrected chi connectivity index (χ1v) is 4.38. The Bertz CT molecular complexity index is 267. The SMILES string of the molecule is C.C.CC(C)C(=O)[C@@H](N)Cc1cnc[nH]1. The molecule has 0 saturated heterocycles. The average molecular weight is 213 g/mol. The highest BCUT2D eigenvalue weighted by atomic mass is 16.1. The van der Waals surface area contributed by atoms with Gasteiger partial charge >= 0.3 is 0 Å². The minimum absolute atomic E-state index is 0. The Morgan fingerprint density at radius 2 is 2.13 bits per heavy atom. The summed E-state index contributed by atoms with van der Waals surface area (Å²) in [5.74, 6) is 0.0903. The second-order valence-corrected chi connectivity index (χ2v) is 3.44. The summed E-state index contributed by atoms with van der Waals surface area (Å²) in [4.78, 5) is 18.2. The summed E-state index contributed by atoms with van der Waals surface area (Å²) >= 11 is 0. The molecule has 4 heteroatoms. The second-order valence-electron chi connectivity index (χ2n) is 3.44. The molecule has 4 nitrogen and oxygen atoms in total. The Kier molecular flexibility index (Phi) is 7.78. The Hall–Kier alpha value is -1.16. The minimum Gasteiger partial charge on any atom is -0.348 e. The van der Waals surface area contributed by atoms with Gasteiger partial charge in [0.15, 0.2) is 5.78 Å². The highest BCUT2D eigenvalue weighted by Crippen LogP contribution is 2.03. The largest absolute Gasteiger partial charge is 0.348 e. The van der Waals surface area contributed by atoms with Crippen molar-refractivity contribution in [3.63, 3.8) is 0 Å². The van der Waals surface area contributed by atoms with Gasteiger partial charge in [-0.2, -0.15) is 0 Å². The quantitative estimate of drug-likeness (QED) is 0.800. The molecule has 0 saturated carbocycles. The molecule has 0 radical (unpaired) electrons. The topological polar surface area (TPSA) is 71.8 Å². The van der Waals surface area contributed by atoms with Crippen LogP contribution >= 0.6 is 0 Å². The molecule has 0 aliphatic carbocycles. The van der Waals surface area contributed by atoms with E-state index in [9.17, 15) is 4.79 Å². The molecule has 88 valence electrons. The maximum absolute atomic E-state index is 11.4. The van der Waals surface area contributed by atoms with E-state index in [4.69, 9.17) is 5.73 Å². The minimum atomic E-state index is -0.416. The molecule has 1 atom stereocenters. The lowest BCUT2D eigenvalue weighted by Gasteiger charge is -2.11. The van der Waals surface area contributed by atoms with Crippen molar-refractivity contribution in [3.8, 4) is 0 Å². The number of hydrogen-bond donors (Lipinski definition) is 2. The van der Waals surface area contributed by atoms with E-state index in [1.54, 1.807) is 12.5 Å². The lowest BCUT2D eigenvalue weighted by molar-refractivity contribution is -0.123. The number of carbonyl (C=O) groups is 1. The maximum atomic E-state index is 11.4. The van der Waals surface area contributed by atoms with Crippen LogP contribution in [0.4, 0.5) is 0 Å². The monoisotopic (exact) mass is 213 g/mol. The molecular weight excluding hydrogens is 190 g/mol. The van der Waals surface area contributed by atoms with E-state index in [0.717, 1.165) is 5.69 Å². The number of hydrogen-bond acceptors (Lipinski definition) is 3. The third-order valence-corrected chi connectivity index (χ3v) is 1.93. The highest BCUT2D eigenvalue weighted by Gasteiger charge is 2.17. The molecule has 1 heterocycles. The van der Waals surface area contributed by atoms with Gasteiger partial charge in [0.1, 0.15) is 0 Å². The molecule has 0 aromatic carbocycles. The fourth-order valence-corrected chi connectivity index (χ4v) is 1.16. The summed E-state index contributed by atoms with van der Waals surface area (Å²) < 4.78 is 0. The number of aromatic amines is 1.